The summed E-state index contributed by atoms with van der Waals surface area (Å²) in [4.78, 5) is 25.8. The molecule has 0 saturated heterocycles. The first-order chi connectivity index (χ1) is 8.19. The van der Waals surface area contributed by atoms with Crippen LogP contribution in [0.15, 0.2) is 38.0 Å². The predicted octanol–water partition coefficient (Wildman–Crippen LogP) is 1.48. The SMILES string of the molecule is COc1nc(Sc2nccc(=O)[nH]2)ncc1Br. The second kappa shape index (κ2) is 5.28. The van der Waals surface area contributed by atoms with Crippen molar-refractivity contribution in [1.82, 2.24) is 19.9 Å². The van der Waals surface area contributed by atoms with Gasteiger partial charge in [0.2, 0.25) is 5.88 Å². The Morgan fingerprint density at radius 1 is 1.47 bits per heavy atom. The molecular weight excluding hydrogens is 308 g/mol. The lowest BCUT2D eigenvalue weighted by Gasteiger charge is -2.03. The lowest BCUT2D eigenvalue weighted by atomic mass is 10.6. The third-order valence-electron chi connectivity index (χ3n) is 1.72. The zero-order valence-corrected chi connectivity index (χ0v) is 11.1. The summed E-state index contributed by atoms with van der Waals surface area (Å²) in [6, 6.07) is 1.34. The van der Waals surface area contributed by atoms with E-state index in [9.17, 15) is 4.79 Å². The second-order valence-corrected chi connectivity index (χ2v) is 4.66. The quantitative estimate of drug-likeness (QED) is 0.864. The van der Waals surface area contributed by atoms with Crippen molar-refractivity contribution in [3.05, 3.63) is 33.3 Å². The zero-order valence-electron chi connectivity index (χ0n) is 8.68. The lowest BCUT2D eigenvalue weighted by Crippen LogP contribution is -2.05. The molecule has 0 bridgehead atoms. The molecule has 8 heteroatoms. The monoisotopic (exact) mass is 314 g/mol. The van der Waals surface area contributed by atoms with Gasteiger partial charge in [-0.05, 0) is 27.7 Å². The minimum atomic E-state index is -0.216. The van der Waals surface area contributed by atoms with Crippen molar-refractivity contribution < 1.29 is 4.74 Å². The highest BCUT2D eigenvalue weighted by atomic mass is 79.9. The fourth-order valence-electron chi connectivity index (χ4n) is 1.02. The molecule has 0 aromatic carbocycles. The number of hydrogen-bond donors (Lipinski definition) is 1. The molecule has 2 heterocycles. The molecule has 0 aliphatic carbocycles. The van der Waals surface area contributed by atoms with Crippen LogP contribution in [-0.2, 0) is 0 Å². The number of aromatic nitrogens is 4. The largest absolute Gasteiger partial charge is 0.480 e. The van der Waals surface area contributed by atoms with Crippen molar-refractivity contribution in [2.24, 2.45) is 0 Å². The molecule has 0 saturated carbocycles. The normalized spacial score (nSPS) is 10.2. The number of halogens is 1. The maximum Gasteiger partial charge on any atom is 0.251 e. The van der Waals surface area contributed by atoms with E-state index in [0.29, 0.717) is 20.7 Å². The minimum Gasteiger partial charge on any atom is -0.480 e. The standard InChI is InChI=1S/C9H7BrN4O2S/c1-16-7-5(10)4-12-9(14-7)17-8-11-3-2-6(15)13-8/h2-4H,1H3,(H,11,13,15). The van der Waals surface area contributed by atoms with Crippen LogP contribution >= 0.6 is 27.7 Å². The van der Waals surface area contributed by atoms with E-state index in [0.717, 1.165) is 11.8 Å². The molecular formula is C9H7BrN4O2S. The Bertz CT molecular complexity index is 589. The van der Waals surface area contributed by atoms with E-state index >= 15 is 0 Å². The zero-order chi connectivity index (χ0) is 12.3. The van der Waals surface area contributed by atoms with E-state index in [1.807, 2.05) is 0 Å². The average Bonchev–Trinajstić information content (AvgIpc) is 2.32. The molecule has 2 aromatic rings. The van der Waals surface area contributed by atoms with E-state index in [2.05, 4.69) is 35.9 Å². The van der Waals surface area contributed by atoms with Gasteiger partial charge in [0.05, 0.1) is 11.6 Å². The van der Waals surface area contributed by atoms with Crippen LogP contribution in [0.1, 0.15) is 0 Å². The maximum atomic E-state index is 11.1. The highest BCUT2D eigenvalue weighted by molar-refractivity contribution is 9.10. The van der Waals surface area contributed by atoms with Crippen LogP contribution in [0.3, 0.4) is 0 Å². The van der Waals surface area contributed by atoms with E-state index in [-0.39, 0.29) is 5.56 Å². The Kier molecular flexibility index (Phi) is 3.75. The summed E-state index contributed by atoms with van der Waals surface area (Å²) in [5.74, 6) is 0.431. The van der Waals surface area contributed by atoms with Gasteiger partial charge in [0.15, 0.2) is 10.3 Å². The summed E-state index contributed by atoms with van der Waals surface area (Å²) < 4.78 is 5.71. The topological polar surface area (TPSA) is 80.8 Å². The summed E-state index contributed by atoms with van der Waals surface area (Å²) in [6.07, 6.45) is 3.01. The number of rotatable bonds is 3. The van der Waals surface area contributed by atoms with Gasteiger partial charge in [0, 0.05) is 18.5 Å². The number of H-pyrrole nitrogens is 1. The number of nitrogens with one attached hydrogen (secondary N) is 1. The van der Waals surface area contributed by atoms with E-state index in [1.165, 1.54) is 19.4 Å². The molecule has 0 aliphatic heterocycles. The van der Waals surface area contributed by atoms with E-state index in [1.54, 1.807) is 6.20 Å². The van der Waals surface area contributed by atoms with E-state index < -0.39 is 0 Å². The summed E-state index contributed by atoms with van der Waals surface area (Å²) in [6.45, 7) is 0. The van der Waals surface area contributed by atoms with Crippen LogP contribution in [0.25, 0.3) is 0 Å². The molecule has 0 atom stereocenters. The number of nitrogens with zero attached hydrogens (tertiary/aromatic N) is 3. The Labute approximate surface area is 109 Å². The van der Waals surface area contributed by atoms with Crippen LogP contribution in [-0.4, -0.2) is 27.0 Å². The third kappa shape index (κ3) is 3.04. The molecule has 17 heavy (non-hydrogen) atoms. The van der Waals surface area contributed by atoms with Crippen molar-refractivity contribution >= 4 is 27.7 Å². The van der Waals surface area contributed by atoms with Crippen LogP contribution in [0, 0.1) is 0 Å². The summed E-state index contributed by atoms with van der Waals surface area (Å²) in [7, 11) is 1.52. The Morgan fingerprint density at radius 2 is 2.29 bits per heavy atom. The van der Waals surface area contributed by atoms with Gasteiger partial charge in [-0.15, -0.1) is 0 Å². The maximum absolute atomic E-state index is 11.1. The van der Waals surface area contributed by atoms with Crippen molar-refractivity contribution in [1.29, 1.82) is 0 Å². The summed E-state index contributed by atoms with van der Waals surface area (Å²) in [5.41, 5.74) is -0.216. The summed E-state index contributed by atoms with van der Waals surface area (Å²) >= 11 is 4.41. The molecule has 6 nitrogen and oxygen atoms in total. The van der Waals surface area contributed by atoms with Crippen LogP contribution in [0.2, 0.25) is 0 Å². The van der Waals surface area contributed by atoms with Gasteiger partial charge in [0.25, 0.3) is 5.56 Å². The highest BCUT2D eigenvalue weighted by Crippen LogP contribution is 2.26. The van der Waals surface area contributed by atoms with Gasteiger partial charge in [0.1, 0.15) is 0 Å². The molecule has 0 spiro atoms. The van der Waals surface area contributed by atoms with Crippen molar-refractivity contribution in [3.63, 3.8) is 0 Å². The molecule has 88 valence electrons. The number of aromatic amines is 1. The van der Waals surface area contributed by atoms with Crippen molar-refractivity contribution in [2.45, 2.75) is 10.3 Å². The van der Waals surface area contributed by atoms with E-state index in [4.69, 9.17) is 4.74 Å². The van der Waals surface area contributed by atoms with Gasteiger partial charge in [-0.3, -0.25) is 4.79 Å². The fraction of sp³-hybridized carbons (Fsp3) is 0.111. The van der Waals surface area contributed by atoms with Gasteiger partial charge >= 0.3 is 0 Å². The molecule has 2 aromatic heterocycles. The van der Waals surface area contributed by atoms with Gasteiger partial charge in [-0.1, -0.05) is 0 Å². The number of methoxy groups -OCH3 is 1. The molecule has 0 fully saturated rings. The molecule has 0 radical (unpaired) electrons. The molecule has 1 N–H and O–H groups in total. The average molecular weight is 315 g/mol. The smallest absolute Gasteiger partial charge is 0.251 e. The second-order valence-electron chi connectivity index (χ2n) is 2.85. The number of ether oxygens (including phenoxy) is 1. The molecule has 0 unspecified atom stereocenters. The van der Waals surface area contributed by atoms with Crippen LogP contribution in [0.4, 0.5) is 0 Å². The third-order valence-corrected chi connectivity index (χ3v) is 3.04. The first-order valence-electron chi connectivity index (χ1n) is 4.49. The first-order valence-corrected chi connectivity index (χ1v) is 6.09. The Hall–Kier alpha value is -1.41. The minimum absolute atomic E-state index is 0.216. The Morgan fingerprint density at radius 3 is 3.00 bits per heavy atom. The first kappa shape index (κ1) is 12.1. The van der Waals surface area contributed by atoms with Crippen molar-refractivity contribution in [2.75, 3.05) is 7.11 Å². The van der Waals surface area contributed by atoms with Crippen LogP contribution < -0.4 is 10.3 Å². The van der Waals surface area contributed by atoms with Crippen LogP contribution in [0.5, 0.6) is 5.88 Å². The van der Waals surface area contributed by atoms with Gasteiger partial charge in [-0.25, -0.2) is 9.97 Å². The Balaban J connectivity index is 2.27. The number of hydrogen-bond acceptors (Lipinski definition) is 6. The molecule has 2 rings (SSSR count). The van der Waals surface area contributed by atoms with Gasteiger partial charge < -0.3 is 9.72 Å². The fourth-order valence-corrected chi connectivity index (χ4v) is 2.04. The predicted molar refractivity (Wildman–Crippen MR) is 65.3 cm³/mol. The molecule has 0 amide bonds. The van der Waals surface area contributed by atoms with Crippen molar-refractivity contribution in [3.8, 4) is 5.88 Å². The molecule has 0 aliphatic rings. The lowest BCUT2D eigenvalue weighted by molar-refractivity contribution is 0.389. The summed E-state index contributed by atoms with van der Waals surface area (Å²) in [5, 5.41) is 0.876. The highest BCUT2D eigenvalue weighted by Gasteiger charge is 2.07. The van der Waals surface area contributed by atoms with Gasteiger partial charge in [-0.2, -0.15) is 4.98 Å².